The third kappa shape index (κ3) is 3.48. The van der Waals surface area contributed by atoms with Gasteiger partial charge in [0.2, 0.25) is 0 Å². The Labute approximate surface area is 162 Å². The van der Waals surface area contributed by atoms with E-state index in [4.69, 9.17) is 5.11 Å². The van der Waals surface area contributed by atoms with E-state index >= 15 is 0 Å². The molecule has 9 heteroatoms. The van der Waals surface area contributed by atoms with E-state index in [2.05, 4.69) is 15.9 Å². The smallest absolute Gasteiger partial charge is 0.407 e. The average Bonchev–Trinajstić information content (AvgIpc) is 2.81. The van der Waals surface area contributed by atoms with Crippen LogP contribution in [0, 0.1) is 0 Å². The molecule has 0 unspecified atom stereocenters. The first-order chi connectivity index (χ1) is 12.3. The number of nitrogens with zero attached hydrogens (tertiary/aromatic N) is 3. The second kappa shape index (κ2) is 7.36. The molecule has 26 heavy (non-hydrogen) atoms. The molecular weight excluding hydrogens is 422 g/mol. The van der Waals surface area contributed by atoms with Gasteiger partial charge in [-0.15, -0.1) is 0 Å². The van der Waals surface area contributed by atoms with E-state index in [0.717, 1.165) is 4.47 Å². The summed E-state index contributed by atoms with van der Waals surface area (Å²) in [6, 6.07) is 14.7. The third-order valence-corrected chi connectivity index (χ3v) is 6.50. The van der Waals surface area contributed by atoms with Gasteiger partial charge in [-0.05, 0) is 47.7 Å². The van der Waals surface area contributed by atoms with Crippen molar-refractivity contribution in [3.05, 3.63) is 53.0 Å². The number of halogens is 1. The predicted octanol–water partition coefficient (Wildman–Crippen LogP) is 4.99. The SMILES string of the molecule is CN(CCCN1c2cc(Br)ccc2N(c2ccccc2)S1(O)O)C(=O)O. The standard InChI is InChI=1S/C17H20BrN3O4S/c1-19(17(22)23)10-5-11-20-16-12-13(18)8-9-15(16)21(26(20,24)25)14-6-3-2-4-7-14/h2-4,6-9,12,24-25H,5,10-11H2,1H3,(H,22,23). The Morgan fingerprint density at radius 3 is 2.50 bits per heavy atom. The topological polar surface area (TPSA) is 87.5 Å². The Hall–Kier alpha value is -1.94. The van der Waals surface area contributed by atoms with Crippen LogP contribution in [-0.2, 0) is 0 Å². The lowest BCUT2D eigenvalue weighted by molar-refractivity contribution is 0.156. The molecule has 7 nitrogen and oxygen atoms in total. The Morgan fingerprint density at radius 1 is 1.15 bits per heavy atom. The normalized spacial score (nSPS) is 16.3. The van der Waals surface area contributed by atoms with Crippen LogP contribution in [0.15, 0.2) is 53.0 Å². The van der Waals surface area contributed by atoms with Crippen molar-refractivity contribution in [1.82, 2.24) is 4.90 Å². The lowest BCUT2D eigenvalue weighted by Gasteiger charge is -2.44. The van der Waals surface area contributed by atoms with Gasteiger partial charge in [0, 0.05) is 24.6 Å². The first-order valence-electron chi connectivity index (χ1n) is 7.97. The van der Waals surface area contributed by atoms with Gasteiger partial charge in [-0.3, -0.25) is 13.4 Å². The highest BCUT2D eigenvalue weighted by molar-refractivity contribution is 9.10. The van der Waals surface area contributed by atoms with Crippen LogP contribution in [0.1, 0.15) is 6.42 Å². The third-order valence-electron chi connectivity index (χ3n) is 4.14. The lowest BCUT2D eigenvalue weighted by Crippen LogP contribution is -2.34. The van der Waals surface area contributed by atoms with Crippen molar-refractivity contribution in [1.29, 1.82) is 0 Å². The van der Waals surface area contributed by atoms with Gasteiger partial charge in [-0.1, -0.05) is 34.1 Å². The number of hydrogen-bond acceptors (Lipinski definition) is 5. The maximum Gasteiger partial charge on any atom is 0.407 e. The zero-order valence-corrected chi connectivity index (χ0v) is 16.5. The monoisotopic (exact) mass is 441 g/mol. The number of amides is 1. The van der Waals surface area contributed by atoms with Gasteiger partial charge in [0.1, 0.15) is 0 Å². The van der Waals surface area contributed by atoms with E-state index in [1.165, 1.54) is 16.3 Å². The quantitative estimate of drug-likeness (QED) is 0.605. The van der Waals surface area contributed by atoms with Crippen molar-refractivity contribution >= 4 is 50.0 Å². The summed E-state index contributed by atoms with van der Waals surface area (Å²) in [5.74, 6) is 0. The lowest BCUT2D eigenvalue weighted by atomic mass is 10.2. The fraction of sp³-hybridized carbons (Fsp3) is 0.235. The van der Waals surface area contributed by atoms with Crippen LogP contribution in [0.3, 0.4) is 0 Å². The highest BCUT2D eigenvalue weighted by atomic mass is 79.9. The summed E-state index contributed by atoms with van der Waals surface area (Å²) in [5, 5.41) is 8.97. The van der Waals surface area contributed by atoms with Gasteiger partial charge >= 0.3 is 6.09 Å². The second-order valence-electron chi connectivity index (χ2n) is 5.91. The van der Waals surface area contributed by atoms with Crippen LogP contribution in [0.4, 0.5) is 21.9 Å². The number of hydrogen-bond donors (Lipinski definition) is 3. The van der Waals surface area contributed by atoms with Gasteiger partial charge in [0.15, 0.2) is 0 Å². The van der Waals surface area contributed by atoms with Crippen LogP contribution in [0.2, 0.25) is 0 Å². The molecule has 0 atom stereocenters. The number of fused-ring (bicyclic) bond motifs is 1. The molecule has 3 rings (SSSR count). The Bertz CT molecular complexity index is 806. The summed E-state index contributed by atoms with van der Waals surface area (Å²) < 4.78 is 25.9. The van der Waals surface area contributed by atoms with E-state index in [1.807, 2.05) is 48.5 Å². The minimum absolute atomic E-state index is 0.302. The minimum Gasteiger partial charge on any atom is -0.465 e. The van der Waals surface area contributed by atoms with Gasteiger partial charge in [0.05, 0.1) is 17.1 Å². The molecule has 1 amide bonds. The minimum atomic E-state index is -3.30. The summed E-state index contributed by atoms with van der Waals surface area (Å²) in [5.41, 5.74) is 2.08. The molecule has 0 saturated heterocycles. The second-order valence-corrected chi connectivity index (χ2v) is 8.61. The van der Waals surface area contributed by atoms with Crippen molar-refractivity contribution in [2.75, 3.05) is 28.7 Å². The molecule has 2 aromatic rings. The Morgan fingerprint density at radius 2 is 1.85 bits per heavy atom. The Kier molecular flexibility index (Phi) is 5.33. The molecule has 0 fully saturated rings. The maximum atomic E-state index is 11.0. The molecule has 0 bridgehead atoms. The fourth-order valence-corrected chi connectivity index (χ4v) is 5.02. The van der Waals surface area contributed by atoms with Crippen LogP contribution >= 0.6 is 26.9 Å². The summed E-state index contributed by atoms with van der Waals surface area (Å²) in [6.07, 6.45) is -0.542. The van der Waals surface area contributed by atoms with Crippen molar-refractivity contribution in [2.45, 2.75) is 6.42 Å². The van der Waals surface area contributed by atoms with Crippen LogP contribution < -0.4 is 8.61 Å². The first-order valence-corrected chi connectivity index (χ1v) is 10.2. The summed E-state index contributed by atoms with van der Waals surface area (Å²) in [6.45, 7) is 0.614. The number of carboxylic acid groups (broad SMARTS) is 1. The zero-order valence-electron chi connectivity index (χ0n) is 14.1. The van der Waals surface area contributed by atoms with Crippen LogP contribution in [-0.4, -0.2) is 45.3 Å². The van der Waals surface area contributed by atoms with Gasteiger partial charge < -0.3 is 10.0 Å². The molecule has 2 aromatic carbocycles. The van der Waals surface area contributed by atoms with E-state index in [0.29, 0.717) is 36.6 Å². The van der Waals surface area contributed by atoms with Crippen molar-refractivity contribution < 1.29 is 19.0 Å². The molecule has 0 spiro atoms. The number of carbonyl (C=O) groups is 1. The molecule has 0 aromatic heterocycles. The van der Waals surface area contributed by atoms with E-state index in [9.17, 15) is 13.9 Å². The van der Waals surface area contributed by atoms with Gasteiger partial charge in [0.25, 0.3) is 0 Å². The fourth-order valence-electron chi connectivity index (χ4n) is 2.86. The summed E-state index contributed by atoms with van der Waals surface area (Å²) >= 11 is 3.43. The molecular formula is C17H20BrN3O4S. The summed E-state index contributed by atoms with van der Waals surface area (Å²) in [7, 11) is -1.80. The van der Waals surface area contributed by atoms with E-state index in [-0.39, 0.29) is 0 Å². The number of benzene rings is 2. The Balaban J connectivity index is 1.92. The van der Waals surface area contributed by atoms with Crippen LogP contribution in [0.25, 0.3) is 0 Å². The number of rotatable bonds is 5. The molecule has 1 aliphatic heterocycles. The van der Waals surface area contributed by atoms with Crippen molar-refractivity contribution in [3.8, 4) is 0 Å². The highest BCUT2D eigenvalue weighted by Crippen LogP contribution is 2.64. The first kappa shape index (κ1) is 18.8. The molecule has 1 aliphatic rings. The molecule has 0 aliphatic carbocycles. The molecule has 0 radical (unpaired) electrons. The number of para-hydroxylation sites is 1. The largest absolute Gasteiger partial charge is 0.465 e. The van der Waals surface area contributed by atoms with E-state index < -0.39 is 17.1 Å². The van der Waals surface area contributed by atoms with E-state index in [1.54, 1.807) is 4.31 Å². The molecule has 140 valence electrons. The zero-order chi connectivity index (χ0) is 18.9. The maximum absolute atomic E-state index is 11.0. The molecule has 1 heterocycles. The summed E-state index contributed by atoms with van der Waals surface area (Å²) in [4.78, 5) is 12.1. The van der Waals surface area contributed by atoms with Crippen molar-refractivity contribution in [3.63, 3.8) is 0 Å². The van der Waals surface area contributed by atoms with Gasteiger partial charge in [-0.2, -0.15) is 0 Å². The average molecular weight is 442 g/mol. The highest BCUT2D eigenvalue weighted by Gasteiger charge is 2.41. The van der Waals surface area contributed by atoms with Gasteiger partial charge in [-0.25, -0.2) is 9.10 Å². The van der Waals surface area contributed by atoms with Crippen molar-refractivity contribution in [2.24, 2.45) is 0 Å². The van der Waals surface area contributed by atoms with Crippen LogP contribution in [0.5, 0.6) is 0 Å². The molecule has 0 saturated carbocycles. The predicted molar refractivity (Wildman–Crippen MR) is 108 cm³/mol. The molecule has 3 N–H and O–H groups in total. The number of anilines is 3.